The number of nitrogens with zero attached hydrogens (tertiary/aromatic N) is 6. The van der Waals surface area contributed by atoms with Gasteiger partial charge in [0, 0.05) is 126 Å². The second-order valence-electron chi connectivity index (χ2n) is 37.3. The summed E-state index contributed by atoms with van der Waals surface area (Å²) in [7, 11) is 3.93. The minimum Gasteiger partial charge on any atom is -0.508 e. The molecule has 44 nitrogen and oxygen atoms in total. The van der Waals surface area contributed by atoms with Crippen LogP contribution >= 0.6 is 36.2 Å². The minimum atomic E-state index is -1.79. The summed E-state index contributed by atoms with van der Waals surface area (Å²) in [6.45, 7) is 13.7. The van der Waals surface area contributed by atoms with Crippen molar-refractivity contribution in [2.75, 3.05) is 78.5 Å². The van der Waals surface area contributed by atoms with Crippen LogP contribution in [0.4, 0.5) is 0 Å². The van der Waals surface area contributed by atoms with Gasteiger partial charge < -0.3 is 135 Å². The number of amides is 17. The Morgan fingerprint density at radius 2 is 1.07 bits per heavy atom. The summed E-state index contributed by atoms with van der Waals surface area (Å²) in [5.74, 6) is -18.9. The van der Waals surface area contributed by atoms with E-state index in [-0.39, 0.29) is 92.8 Å². The molecule has 5 heterocycles. The SMILES string of the molecule is CCCC[C@H]1C(=O)N(C)[C@@H](CCCC)C(=O)N[C@@H](CC(C)C)C(=O)N[C@H](C(=O)NCC(N)=O)CSCC(=O)N[C@@H](Cc2ccc(O)cc2)C(=O)N(C)[C@@H](C)C(=O)N[C@@H](CC(N)=O)C(=O)N2CCC[C@H]2C(=O)N[C@@H](CNC(=S)NCC)C(=O)N[C@@H](CC(C)C)C(=O)N2C[C@H](O)C[C@H]2C(=O)N[C@@H](Cc2c[nH]c3ccccc23)C(=O)N[C@@H](CCNC(=S)NCC)C(=O)N[C@@H](Cc2cn(CC(=O)O)c3ccccc23)C(=O)N1C. The molecule has 0 spiro atoms. The summed E-state index contributed by atoms with van der Waals surface area (Å²) in [6.07, 6.45) is 0.747. The molecule has 5 aromatic rings. The highest BCUT2D eigenvalue weighted by Gasteiger charge is 2.47. The number of carbonyl (C=O) groups is 18. The molecule has 47 heteroatoms. The van der Waals surface area contributed by atoms with E-state index in [1.807, 2.05) is 13.8 Å². The summed E-state index contributed by atoms with van der Waals surface area (Å²) < 4.78 is 1.45. The number of carboxylic acids is 1. The maximum atomic E-state index is 16.2. The van der Waals surface area contributed by atoms with E-state index in [1.54, 1.807) is 96.3 Å². The molecule has 788 valence electrons. The highest BCUT2D eigenvalue weighted by Crippen LogP contribution is 2.29. The normalized spacial score (nSPS) is 23.9. The number of fused-ring (bicyclic) bond motifs is 4. The Hall–Kier alpha value is -13.3. The highest BCUT2D eigenvalue weighted by atomic mass is 32.2. The zero-order valence-electron chi connectivity index (χ0n) is 83.5. The Bertz CT molecular complexity index is 5410. The smallest absolute Gasteiger partial charge is 0.323 e. The number of aliphatic hydroxyl groups excluding tert-OH is 1. The first-order chi connectivity index (χ1) is 68.4. The van der Waals surface area contributed by atoms with Crippen LogP contribution in [-0.4, -0.2) is 335 Å². The molecule has 0 unspecified atom stereocenters. The van der Waals surface area contributed by atoms with Crippen LogP contribution in [0.5, 0.6) is 5.75 Å². The number of nitrogens with two attached hydrogens (primary N) is 2. The topological polar surface area (TPSA) is 625 Å². The first kappa shape index (κ1) is 116. The van der Waals surface area contributed by atoms with Crippen LogP contribution in [-0.2, 0) is 112 Å². The van der Waals surface area contributed by atoms with Crippen molar-refractivity contribution in [2.45, 2.75) is 262 Å². The molecule has 3 saturated heterocycles. The van der Waals surface area contributed by atoms with Crippen molar-refractivity contribution in [1.29, 1.82) is 0 Å². The van der Waals surface area contributed by atoms with E-state index < -0.39 is 260 Å². The molecular weight excluding hydrogens is 1920 g/mol. The summed E-state index contributed by atoms with van der Waals surface area (Å²) in [6, 6.07) is -2.45. The van der Waals surface area contributed by atoms with Gasteiger partial charge in [-0.25, -0.2) is 0 Å². The number of aromatic hydroxyl groups is 1. The number of aliphatic hydroxyl groups is 1. The second kappa shape index (κ2) is 56.1. The van der Waals surface area contributed by atoms with Crippen LogP contribution in [0, 0.1) is 11.8 Å². The minimum absolute atomic E-state index is 0.00729. The number of aromatic nitrogens is 2. The van der Waals surface area contributed by atoms with Crippen molar-refractivity contribution in [3.8, 4) is 5.75 Å². The number of aliphatic carboxylic acids is 1. The third-order valence-corrected chi connectivity index (χ3v) is 26.9. The molecule has 3 aliphatic heterocycles. The Labute approximate surface area is 851 Å². The number of benzene rings is 3. The van der Waals surface area contributed by atoms with Gasteiger partial charge in [0.2, 0.25) is 100 Å². The predicted molar refractivity (Wildman–Crippen MR) is 545 cm³/mol. The third-order valence-electron chi connectivity index (χ3n) is 25.2. The Morgan fingerprint density at radius 3 is 1.72 bits per heavy atom. The van der Waals surface area contributed by atoms with E-state index in [2.05, 4.69) is 79.4 Å². The number of hydrogen-bond acceptors (Lipinski definition) is 23. The molecular formula is C97H141N23O21S3. The van der Waals surface area contributed by atoms with Gasteiger partial charge in [0.15, 0.2) is 10.2 Å². The summed E-state index contributed by atoms with van der Waals surface area (Å²) in [5, 5.41) is 72.3. The molecule has 3 aromatic carbocycles. The lowest BCUT2D eigenvalue weighted by atomic mass is 9.99. The van der Waals surface area contributed by atoms with Gasteiger partial charge in [-0.3, -0.25) is 86.3 Å². The van der Waals surface area contributed by atoms with E-state index in [4.69, 9.17) is 35.9 Å². The number of phenolic OH excluding ortho intramolecular Hbond substituents is 1. The first-order valence-electron chi connectivity index (χ1n) is 48.8. The molecule has 3 aliphatic rings. The molecule has 144 heavy (non-hydrogen) atoms. The summed E-state index contributed by atoms with van der Waals surface area (Å²) in [5.41, 5.74) is 13.5. The highest BCUT2D eigenvalue weighted by molar-refractivity contribution is 8.00. The number of unbranched alkanes of at least 4 members (excludes halogenated alkanes) is 2. The number of aromatic amines is 1. The van der Waals surface area contributed by atoms with Crippen molar-refractivity contribution in [2.24, 2.45) is 23.3 Å². The van der Waals surface area contributed by atoms with Gasteiger partial charge in [-0.15, -0.1) is 11.8 Å². The zero-order chi connectivity index (χ0) is 106. The lowest BCUT2D eigenvalue weighted by Gasteiger charge is -2.36. The van der Waals surface area contributed by atoms with Gasteiger partial charge >= 0.3 is 5.97 Å². The maximum Gasteiger partial charge on any atom is 0.323 e. The van der Waals surface area contributed by atoms with Crippen molar-refractivity contribution in [3.05, 3.63) is 102 Å². The van der Waals surface area contributed by atoms with Crippen LogP contribution in [0.25, 0.3) is 21.8 Å². The fourth-order valence-corrected chi connectivity index (χ4v) is 18.9. The monoisotopic (exact) mass is 2060 g/mol. The van der Waals surface area contributed by atoms with Gasteiger partial charge in [-0.2, -0.15) is 0 Å². The molecule has 0 aliphatic carbocycles. The van der Waals surface area contributed by atoms with Crippen molar-refractivity contribution >= 4 is 175 Å². The first-order valence-corrected chi connectivity index (χ1v) is 50.7. The van der Waals surface area contributed by atoms with Crippen LogP contribution in [0.3, 0.4) is 0 Å². The van der Waals surface area contributed by atoms with Gasteiger partial charge in [0.25, 0.3) is 0 Å². The van der Waals surface area contributed by atoms with Gasteiger partial charge in [-0.05, 0) is 143 Å². The number of thioether (sulfide) groups is 1. The van der Waals surface area contributed by atoms with Gasteiger partial charge in [0.1, 0.15) is 96.9 Å². The Kier molecular flexibility index (Phi) is 45.2. The predicted octanol–water partition coefficient (Wildman–Crippen LogP) is -1.19. The molecule has 8 rings (SSSR count). The number of para-hydroxylation sites is 2. The largest absolute Gasteiger partial charge is 0.508 e. The number of carboxylic acid groups (broad SMARTS) is 1. The van der Waals surface area contributed by atoms with Crippen LogP contribution < -0.4 is 85.9 Å². The van der Waals surface area contributed by atoms with E-state index in [1.165, 1.54) is 68.0 Å². The maximum absolute atomic E-state index is 16.2. The van der Waals surface area contributed by atoms with Crippen LogP contribution in [0.15, 0.2) is 85.2 Å². The summed E-state index contributed by atoms with van der Waals surface area (Å²) >= 11 is 11.8. The van der Waals surface area contributed by atoms with E-state index in [0.29, 0.717) is 77.3 Å². The molecule has 2 aromatic heterocycles. The number of carbonyl (C=O) groups excluding carboxylic acids is 17. The molecule has 3 fully saturated rings. The fourth-order valence-electron chi connectivity index (χ4n) is 17.6. The van der Waals surface area contributed by atoms with Crippen molar-refractivity contribution in [1.82, 2.24) is 108 Å². The van der Waals surface area contributed by atoms with Crippen molar-refractivity contribution < 1.29 is 102 Å². The number of thiocarbonyl (C=S) groups is 2. The number of hydrogen-bond donors (Lipinski definition) is 20. The van der Waals surface area contributed by atoms with Gasteiger partial charge in [0.05, 0.1) is 24.8 Å². The van der Waals surface area contributed by atoms with E-state index in [9.17, 15) is 63.3 Å². The van der Waals surface area contributed by atoms with Crippen LogP contribution in [0.1, 0.15) is 162 Å². The summed E-state index contributed by atoms with van der Waals surface area (Å²) in [4.78, 5) is 275. The van der Waals surface area contributed by atoms with Crippen molar-refractivity contribution in [3.63, 3.8) is 0 Å². The Morgan fingerprint density at radius 1 is 0.528 bits per heavy atom. The number of H-pyrrole nitrogens is 1. The second-order valence-corrected chi connectivity index (χ2v) is 39.2. The standard InChI is InChI=1S/C97H141N23O21S3/c1-13-17-27-74-88(134)108-65(38-53(5)6)85(131)114-72(83(129)104-47-79(99)124)51-144-52-80(125)106-68(40-56-31-33-59(121)34-32-56)91(137)115(10)55(9)82(128)110-70(44-78(98)123)93(139)119-37-23-30-75(119)89(135)113-71(46-105-97(143)101-16-4)87(133)111-67(39-54(7)8)94(140)120-49-60(122)43-77(120)90(136)109-66(41-57-45-103-63-26-21-19-24-61(57)63)86(132)107-64(35-36-102-96(142)100-15-3)84(130)112-69(92(138)117(12)76(28-18-14-2)95(141)116(74)11)42-58-48-118(50-81(126)127)73-29-22-20-25-62(58)73/h19-22,24-26,29,31-34,45,48,53-55,60,64-72,74-77,103,121-122H,13-18,23,27-28,30,35-44,46-47,49-52H2,1-12H3,(H2,98,123)(H2,99,124)(H,104,129)(H,106,125)(H,107,132)(H,108,134)(H,109,136)(H,110,128)(H,111,133)(H,112,130)(H,113,135)(H,114,131)(H,126,127)(H2,100,102,142)(H2,101,105,143)/t55-,60+,64-,65-,66-,67-,68-,69-,70-,71-,72-,74-,75-,76-,77-/m0/s1. The number of likely N-dealkylation sites (N-methyl/N-ethyl adjacent to an activating group) is 3. The number of primary amides is 2. The van der Waals surface area contributed by atoms with E-state index in [0.717, 1.165) is 31.4 Å². The number of phenols is 1. The molecule has 0 bridgehead atoms. The van der Waals surface area contributed by atoms with Gasteiger partial charge in [-0.1, -0.05) is 116 Å². The molecule has 0 radical (unpaired) electrons. The van der Waals surface area contributed by atoms with E-state index >= 15 is 38.4 Å². The average Bonchev–Trinajstić information content (AvgIpc) is 1.61. The quantitative estimate of drug-likeness (QED) is 0.0240. The number of nitrogens with one attached hydrogen (secondary N) is 15. The molecule has 15 atom stereocenters. The lowest BCUT2D eigenvalue weighted by Crippen LogP contribution is -2.62. The lowest BCUT2D eigenvalue weighted by molar-refractivity contribution is -0.149. The number of rotatable bonds is 30. The fraction of sp³-hybridized carbons (Fsp3) is 0.567. The molecule has 0 saturated carbocycles. The zero-order valence-corrected chi connectivity index (χ0v) is 86.0. The third kappa shape index (κ3) is 33.7. The molecule has 17 amide bonds. The Balaban J connectivity index is 1.25. The van der Waals surface area contributed by atoms with Crippen LogP contribution in [0.2, 0.25) is 0 Å². The average molecular weight is 2060 g/mol. The molecule has 22 N–H and O–H groups in total.